The number of carbonyl (C=O) groups is 2. The fourth-order valence-corrected chi connectivity index (χ4v) is 4.33. The molecule has 3 rings (SSSR count). The highest BCUT2D eigenvalue weighted by Gasteiger charge is 2.06. The number of benzene rings is 3. The molecular formula is C35H39FO3. The lowest BCUT2D eigenvalue weighted by molar-refractivity contribution is -0.134. The van der Waals surface area contributed by atoms with Gasteiger partial charge in [-0.15, -0.1) is 0 Å². The van der Waals surface area contributed by atoms with E-state index in [0.29, 0.717) is 17.7 Å². The lowest BCUT2D eigenvalue weighted by Gasteiger charge is -2.06. The molecule has 0 radical (unpaired) electrons. The van der Waals surface area contributed by atoms with Crippen LogP contribution in [0.3, 0.4) is 0 Å². The first kappa shape index (κ1) is 29.8. The summed E-state index contributed by atoms with van der Waals surface area (Å²) in [6.45, 7) is 6.02. The summed E-state index contributed by atoms with van der Waals surface area (Å²) >= 11 is 0. The number of hydrogen-bond donors (Lipinski definition) is 0. The van der Waals surface area contributed by atoms with E-state index in [1.54, 1.807) is 30.3 Å². The Bertz CT molecular complexity index is 1220. The van der Waals surface area contributed by atoms with Gasteiger partial charge in [-0.2, -0.15) is 0 Å². The Labute approximate surface area is 232 Å². The number of esters is 1. The maximum absolute atomic E-state index is 13.0. The molecule has 4 heteroatoms. The van der Waals surface area contributed by atoms with Crippen molar-refractivity contribution in [2.24, 2.45) is 0 Å². The summed E-state index contributed by atoms with van der Waals surface area (Å²) in [5.74, 6) is -0.305. The monoisotopic (exact) mass is 526 g/mol. The predicted octanol–water partition coefficient (Wildman–Crippen LogP) is 9.41. The predicted molar refractivity (Wildman–Crippen MR) is 158 cm³/mol. The molecule has 3 nitrogen and oxygen atoms in total. The highest BCUT2D eigenvalue weighted by molar-refractivity contribution is 6.06. The van der Waals surface area contributed by atoms with Crippen LogP contribution in [0.25, 0.3) is 11.6 Å². The first-order chi connectivity index (χ1) is 18.9. The van der Waals surface area contributed by atoms with Gasteiger partial charge in [0.05, 0.1) is 0 Å². The molecule has 39 heavy (non-hydrogen) atoms. The molecule has 0 saturated heterocycles. The second kappa shape index (κ2) is 16.2. The van der Waals surface area contributed by atoms with Crippen molar-refractivity contribution < 1.29 is 18.7 Å². The van der Waals surface area contributed by atoms with Gasteiger partial charge >= 0.3 is 5.97 Å². The van der Waals surface area contributed by atoms with Crippen LogP contribution in [0.1, 0.15) is 91.8 Å². The fraction of sp³-hybridized carbons (Fsp3) is 0.314. The van der Waals surface area contributed by atoms with Crippen LogP contribution in [0.15, 0.2) is 85.5 Å². The minimum absolute atomic E-state index is 0.202. The third-order valence-electron chi connectivity index (χ3n) is 6.71. The Hall–Kier alpha value is -3.79. The van der Waals surface area contributed by atoms with E-state index in [1.807, 2.05) is 6.92 Å². The van der Waals surface area contributed by atoms with Crippen molar-refractivity contribution in [1.29, 1.82) is 0 Å². The summed E-state index contributed by atoms with van der Waals surface area (Å²) in [6.07, 6.45) is 13.9. The summed E-state index contributed by atoms with van der Waals surface area (Å²) in [7, 11) is 0. The standard InChI is InChI=1S/C35H39FO3/c1-27(2)30-18-13-28(14-19-30)11-9-7-5-3-4-6-8-10-12-35(38)39-33-24-15-29(16-25-33)17-26-34(37)31-20-22-32(36)23-21-31/h13-26H,1,3-12H2,2H3. The summed E-state index contributed by atoms with van der Waals surface area (Å²) in [4.78, 5) is 24.3. The zero-order valence-electron chi connectivity index (χ0n) is 23.0. The molecule has 0 aliphatic carbocycles. The van der Waals surface area contributed by atoms with E-state index in [2.05, 4.69) is 30.8 Å². The van der Waals surface area contributed by atoms with Crippen molar-refractivity contribution in [2.45, 2.75) is 71.1 Å². The maximum atomic E-state index is 13.0. The zero-order valence-corrected chi connectivity index (χ0v) is 23.0. The highest BCUT2D eigenvalue weighted by atomic mass is 19.1. The molecule has 0 saturated carbocycles. The molecule has 0 aliphatic heterocycles. The van der Waals surface area contributed by atoms with Gasteiger partial charge in [-0.3, -0.25) is 9.59 Å². The summed E-state index contributed by atoms with van der Waals surface area (Å²) in [6, 6.07) is 21.2. The Kier molecular flexibility index (Phi) is 12.4. The Morgan fingerprint density at radius 3 is 1.92 bits per heavy atom. The number of rotatable bonds is 16. The summed E-state index contributed by atoms with van der Waals surface area (Å²) < 4.78 is 18.4. The number of ketones is 1. The molecule has 3 aromatic carbocycles. The average Bonchev–Trinajstić information content (AvgIpc) is 2.94. The lowest BCUT2D eigenvalue weighted by Crippen LogP contribution is -2.07. The van der Waals surface area contributed by atoms with E-state index in [9.17, 15) is 14.0 Å². The van der Waals surface area contributed by atoms with Crippen molar-refractivity contribution in [3.63, 3.8) is 0 Å². The lowest BCUT2D eigenvalue weighted by atomic mass is 10.0. The van der Waals surface area contributed by atoms with E-state index in [1.165, 1.54) is 73.6 Å². The Morgan fingerprint density at radius 1 is 0.744 bits per heavy atom. The van der Waals surface area contributed by atoms with Gasteiger partial charge in [0.15, 0.2) is 5.78 Å². The molecule has 0 N–H and O–H groups in total. The molecule has 0 atom stereocenters. The van der Waals surface area contributed by atoms with Crippen LogP contribution in [0.4, 0.5) is 4.39 Å². The van der Waals surface area contributed by atoms with Crippen LogP contribution in [0.5, 0.6) is 5.75 Å². The third-order valence-corrected chi connectivity index (χ3v) is 6.71. The number of aryl methyl sites for hydroxylation is 1. The molecule has 0 fully saturated rings. The van der Waals surface area contributed by atoms with Crippen LogP contribution in [0.2, 0.25) is 0 Å². The molecule has 0 bridgehead atoms. The van der Waals surface area contributed by atoms with Gasteiger partial charge in [-0.25, -0.2) is 4.39 Å². The van der Waals surface area contributed by atoms with Crippen LogP contribution in [-0.4, -0.2) is 11.8 Å². The third kappa shape index (κ3) is 11.2. The number of hydrogen-bond acceptors (Lipinski definition) is 3. The van der Waals surface area contributed by atoms with Crippen LogP contribution < -0.4 is 4.74 Å². The molecule has 204 valence electrons. The van der Waals surface area contributed by atoms with E-state index in [4.69, 9.17) is 4.74 Å². The maximum Gasteiger partial charge on any atom is 0.311 e. The zero-order chi connectivity index (χ0) is 27.9. The first-order valence-electron chi connectivity index (χ1n) is 13.9. The van der Waals surface area contributed by atoms with Gasteiger partial charge in [0.1, 0.15) is 11.6 Å². The smallest absolute Gasteiger partial charge is 0.311 e. The number of halogens is 1. The van der Waals surface area contributed by atoms with Crippen molar-refractivity contribution in [3.05, 3.63) is 114 Å². The molecule has 0 aliphatic rings. The van der Waals surface area contributed by atoms with Gasteiger partial charge in [0, 0.05) is 12.0 Å². The highest BCUT2D eigenvalue weighted by Crippen LogP contribution is 2.17. The van der Waals surface area contributed by atoms with E-state index < -0.39 is 0 Å². The normalized spacial score (nSPS) is 11.0. The largest absolute Gasteiger partial charge is 0.427 e. The second-order valence-electron chi connectivity index (χ2n) is 10.1. The van der Waals surface area contributed by atoms with Crippen LogP contribution in [-0.2, 0) is 11.2 Å². The van der Waals surface area contributed by atoms with Crippen LogP contribution >= 0.6 is 0 Å². The SMILES string of the molecule is C=C(C)c1ccc(CCCCCCCCCCC(=O)Oc2ccc(C=CC(=O)c3ccc(F)cc3)cc2)cc1. The van der Waals surface area contributed by atoms with Gasteiger partial charge in [-0.1, -0.05) is 93.2 Å². The summed E-state index contributed by atoms with van der Waals surface area (Å²) in [5.41, 5.74) is 4.95. The second-order valence-corrected chi connectivity index (χ2v) is 10.1. The van der Waals surface area contributed by atoms with E-state index in [-0.39, 0.29) is 17.6 Å². The molecule has 3 aromatic rings. The van der Waals surface area contributed by atoms with Gasteiger partial charge < -0.3 is 4.74 Å². The van der Waals surface area contributed by atoms with Crippen molar-refractivity contribution in [3.8, 4) is 5.75 Å². The molecule has 0 spiro atoms. The Balaban J connectivity index is 1.21. The van der Waals surface area contributed by atoms with E-state index >= 15 is 0 Å². The average molecular weight is 527 g/mol. The van der Waals surface area contributed by atoms with Crippen molar-refractivity contribution in [2.75, 3.05) is 0 Å². The molecule has 0 amide bonds. The number of unbranched alkanes of at least 4 members (excludes halogenated alkanes) is 7. The van der Waals surface area contributed by atoms with Crippen LogP contribution in [0, 0.1) is 5.82 Å². The number of allylic oxidation sites excluding steroid dienone is 2. The first-order valence-corrected chi connectivity index (χ1v) is 13.9. The van der Waals surface area contributed by atoms with Gasteiger partial charge in [0.25, 0.3) is 0 Å². The molecule has 0 aromatic heterocycles. The van der Waals surface area contributed by atoms with Crippen molar-refractivity contribution >= 4 is 23.4 Å². The van der Waals surface area contributed by atoms with Crippen molar-refractivity contribution in [1.82, 2.24) is 0 Å². The molecular weight excluding hydrogens is 487 g/mol. The topological polar surface area (TPSA) is 43.4 Å². The van der Waals surface area contributed by atoms with Gasteiger partial charge in [0.2, 0.25) is 0 Å². The van der Waals surface area contributed by atoms with Gasteiger partial charge in [-0.05, 0) is 85.4 Å². The minimum Gasteiger partial charge on any atom is -0.427 e. The molecule has 0 unspecified atom stereocenters. The summed E-state index contributed by atoms with van der Waals surface area (Å²) in [5, 5.41) is 0. The molecule has 0 heterocycles. The minimum atomic E-state index is -0.375. The Morgan fingerprint density at radius 2 is 1.31 bits per heavy atom. The number of carbonyl (C=O) groups excluding carboxylic acids is 2. The quantitative estimate of drug-likeness (QED) is 0.0614. The fourth-order valence-electron chi connectivity index (χ4n) is 4.33. The van der Waals surface area contributed by atoms with E-state index in [0.717, 1.165) is 36.8 Å². The number of ether oxygens (including phenoxy) is 1.